The van der Waals surface area contributed by atoms with Crippen molar-refractivity contribution in [3.63, 3.8) is 0 Å². The van der Waals surface area contributed by atoms with E-state index >= 15 is 0 Å². The average molecular weight is 797 g/mol. The van der Waals surface area contributed by atoms with Crippen molar-refractivity contribution in [3.8, 4) is 0 Å². The van der Waals surface area contributed by atoms with Gasteiger partial charge in [-0.25, -0.2) is 9.59 Å². The van der Waals surface area contributed by atoms with Gasteiger partial charge in [0.2, 0.25) is 5.91 Å². The lowest BCUT2D eigenvalue weighted by Crippen LogP contribution is -2.67. The number of amides is 1. The molecule has 322 valence electrons. The molecule has 2 aliphatic heterocycles. The van der Waals surface area contributed by atoms with E-state index in [1.54, 1.807) is 0 Å². The van der Waals surface area contributed by atoms with Crippen LogP contribution in [0.25, 0.3) is 0 Å². The van der Waals surface area contributed by atoms with Crippen LogP contribution in [0.4, 0.5) is 0 Å². The van der Waals surface area contributed by atoms with Crippen LogP contribution in [0, 0.1) is 29.6 Å². The summed E-state index contributed by atoms with van der Waals surface area (Å²) in [5, 5.41) is 89.3. The fourth-order valence-electron chi connectivity index (χ4n) is 8.65. The first-order valence-electron chi connectivity index (χ1n) is 20.7. The summed E-state index contributed by atoms with van der Waals surface area (Å²) in [5.74, 6) is -7.06. The number of nitrogens with one attached hydrogen (secondary N) is 2. The van der Waals surface area contributed by atoms with Crippen LogP contribution in [0.15, 0.2) is 0 Å². The molecule has 2 aliphatic rings. The van der Waals surface area contributed by atoms with Crippen molar-refractivity contribution < 1.29 is 76.9 Å². The zero-order valence-electron chi connectivity index (χ0n) is 35.4. The number of aliphatic hydroxyl groups excluding tert-OH is 6. The fourth-order valence-corrected chi connectivity index (χ4v) is 8.65. The number of hydrogen-bond acceptors (Lipinski definition) is 14. The molecule has 0 radical (unpaired) electrons. The summed E-state index contributed by atoms with van der Waals surface area (Å²) in [6.45, 7) is 10.5. The van der Waals surface area contributed by atoms with Crippen LogP contribution < -0.4 is 10.6 Å². The molecule has 17 nitrogen and oxygen atoms in total. The summed E-state index contributed by atoms with van der Waals surface area (Å²) in [7, 11) is 1.48. The van der Waals surface area contributed by atoms with Crippen LogP contribution in [0.5, 0.6) is 0 Å². The van der Waals surface area contributed by atoms with E-state index in [1.165, 1.54) is 7.05 Å². The molecule has 0 aliphatic carbocycles. The second kappa shape index (κ2) is 21.6. The highest BCUT2D eigenvalue weighted by Crippen LogP contribution is 2.38. The topological polar surface area (TPSA) is 274 Å². The minimum Gasteiger partial charge on any atom is -0.477 e. The third-order valence-electron chi connectivity index (χ3n) is 11.0. The first-order chi connectivity index (χ1) is 26.6. The lowest BCUT2D eigenvalue weighted by Gasteiger charge is -2.46. The molecule has 2 saturated heterocycles. The Morgan fingerprint density at radius 1 is 0.782 bits per heavy atom. The zero-order chi connectivity index (χ0) is 43.4. The maximum Gasteiger partial charge on any atom is 0.364 e. The smallest absolute Gasteiger partial charge is 0.364 e. The molecule has 0 aromatic rings. The van der Waals surface area contributed by atoms with Gasteiger partial charge in [-0.05, 0) is 82.5 Å². The fraction of sp³-hybridized carbons (Fsp3) is 0.921. The number of rotatable bonds is 23. The Hall–Kier alpha value is -2.03. The standard InChI is InChI=1S/C38H70N2O15/c1-19(2)28(20(3)4)21(5)16-25(12-10-14-52-37(35(48)49)17-26(44)29(39-9)33(54-37)31(46)22(6)41)13-11-15-53-38(36(50)51)18-27(45)30(40-24(8)43)34(55-38)32(47)23(7)42/h19-23,25-34,39,41-42,44-47H,10-18H2,1-9H3,(H,40,43)(H,48,49)(H,50,51)/i6D,7D. The normalized spacial score (nSPS) is 32.7. The molecule has 2 rings (SSSR count). The van der Waals surface area contributed by atoms with Crippen LogP contribution in [0.1, 0.15) is 103 Å². The van der Waals surface area contributed by atoms with Gasteiger partial charge in [-0.3, -0.25) is 4.79 Å². The van der Waals surface area contributed by atoms with E-state index in [2.05, 4.69) is 45.3 Å². The molecule has 0 aromatic carbocycles. The third kappa shape index (κ3) is 13.0. The number of hydrogen-bond donors (Lipinski definition) is 10. The monoisotopic (exact) mass is 796 g/mol. The zero-order valence-corrected chi connectivity index (χ0v) is 33.4. The van der Waals surface area contributed by atoms with Gasteiger partial charge >= 0.3 is 11.9 Å². The molecule has 0 aromatic heterocycles. The van der Waals surface area contributed by atoms with Gasteiger partial charge in [0, 0.05) is 22.5 Å². The van der Waals surface area contributed by atoms with Crippen molar-refractivity contribution >= 4 is 17.8 Å². The van der Waals surface area contributed by atoms with Gasteiger partial charge in [-0.2, -0.15) is 0 Å². The minimum absolute atomic E-state index is 0.0193. The highest BCUT2D eigenvalue weighted by molar-refractivity contribution is 5.77. The molecule has 2 fully saturated rings. The summed E-state index contributed by atoms with van der Waals surface area (Å²) >= 11 is 0. The van der Waals surface area contributed by atoms with Crippen LogP contribution in [0.3, 0.4) is 0 Å². The molecular formula is C38H70N2O15. The number of aliphatic hydroxyl groups is 6. The highest BCUT2D eigenvalue weighted by atomic mass is 16.7. The van der Waals surface area contributed by atoms with Gasteiger partial charge in [0.05, 0.1) is 49.7 Å². The van der Waals surface area contributed by atoms with Crippen LogP contribution >= 0.6 is 0 Å². The Bertz CT molecular complexity index is 1250. The lowest BCUT2D eigenvalue weighted by molar-refractivity contribution is -0.311. The minimum atomic E-state index is -2.44. The molecular weight excluding hydrogens is 724 g/mol. The van der Waals surface area contributed by atoms with Gasteiger partial charge in [0.25, 0.3) is 11.6 Å². The van der Waals surface area contributed by atoms with Crippen molar-refractivity contribution in [2.24, 2.45) is 29.6 Å². The van der Waals surface area contributed by atoms with E-state index in [1.807, 2.05) is 0 Å². The molecule has 14 unspecified atom stereocenters. The number of carbonyl (C=O) groups is 3. The number of carboxylic acid groups (broad SMARTS) is 2. The van der Waals surface area contributed by atoms with Crippen molar-refractivity contribution in [2.75, 3.05) is 20.3 Å². The predicted octanol–water partition coefficient (Wildman–Crippen LogP) is 0.588. The Balaban J connectivity index is 2.24. The van der Waals surface area contributed by atoms with E-state index in [0.29, 0.717) is 43.4 Å². The number of carbonyl (C=O) groups excluding carboxylic acids is 1. The molecule has 10 N–H and O–H groups in total. The summed E-state index contributed by atoms with van der Waals surface area (Å²) in [5.41, 5.74) is 0. The Labute approximate surface area is 327 Å². The summed E-state index contributed by atoms with van der Waals surface area (Å²) in [6, 6.07) is -2.25. The molecule has 0 spiro atoms. The quantitative estimate of drug-likeness (QED) is 0.0634. The molecule has 14 atom stereocenters. The number of carboxylic acids is 2. The van der Waals surface area contributed by atoms with Gasteiger partial charge in [0.15, 0.2) is 0 Å². The molecule has 1 amide bonds. The Kier molecular flexibility index (Phi) is 18.0. The predicted molar refractivity (Wildman–Crippen MR) is 198 cm³/mol. The number of likely N-dealkylation sites (N-methyl/N-ethyl adjacent to an activating group) is 1. The maximum atomic E-state index is 12.6. The lowest BCUT2D eigenvalue weighted by atomic mass is 9.72. The van der Waals surface area contributed by atoms with Crippen LogP contribution in [-0.2, 0) is 33.3 Å². The third-order valence-corrected chi connectivity index (χ3v) is 11.0. The second-order valence-corrected chi connectivity index (χ2v) is 16.1. The van der Waals surface area contributed by atoms with E-state index in [4.69, 9.17) is 21.7 Å². The van der Waals surface area contributed by atoms with E-state index in [9.17, 15) is 55.2 Å². The highest BCUT2D eigenvalue weighted by Gasteiger charge is 2.56. The van der Waals surface area contributed by atoms with Crippen molar-refractivity contribution in [3.05, 3.63) is 0 Å². The molecule has 2 heterocycles. The SMILES string of the molecule is [2H]CC(O)C(O)C1OC(OCCCC(CCCOC2(C(=O)O)CC(O)C(NC(C)=O)C(C(O)C(O)C[2H])O2)CC(C)C(C(C)C)C(C)C)(C(=O)O)CC(O)C1NC. The van der Waals surface area contributed by atoms with Gasteiger partial charge in [-0.15, -0.1) is 0 Å². The largest absolute Gasteiger partial charge is 0.477 e. The van der Waals surface area contributed by atoms with Gasteiger partial charge < -0.3 is 70.4 Å². The second-order valence-electron chi connectivity index (χ2n) is 16.1. The molecule has 55 heavy (non-hydrogen) atoms. The Morgan fingerprint density at radius 2 is 1.20 bits per heavy atom. The first kappa shape index (κ1) is 45.7. The average Bonchev–Trinajstić information content (AvgIpc) is 3.13. The molecule has 17 heteroatoms. The van der Waals surface area contributed by atoms with Gasteiger partial charge in [-0.1, -0.05) is 34.6 Å². The molecule has 0 bridgehead atoms. The van der Waals surface area contributed by atoms with Crippen LogP contribution in [-0.4, -0.2) is 151 Å². The van der Waals surface area contributed by atoms with Crippen molar-refractivity contribution in [1.29, 1.82) is 0 Å². The number of aliphatic carboxylic acids is 2. The first-order valence-corrected chi connectivity index (χ1v) is 19.3. The molecule has 0 saturated carbocycles. The van der Waals surface area contributed by atoms with E-state index in [-0.39, 0.29) is 25.0 Å². The Morgan fingerprint density at radius 3 is 1.56 bits per heavy atom. The number of ether oxygens (including phenoxy) is 4. The van der Waals surface area contributed by atoms with E-state index < -0.39 is 117 Å². The van der Waals surface area contributed by atoms with Crippen LogP contribution in [0.2, 0.25) is 0 Å². The van der Waals surface area contributed by atoms with Gasteiger partial charge in [0.1, 0.15) is 24.4 Å². The maximum absolute atomic E-state index is 12.6. The summed E-state index contributed by atoms with van der Waals surface area (Å²) in [6.07, 6.45) is -11.2. The summed E-state index contributed by atoms with van der Waals surface area (Å²) in [4.78, 5) is 37.1. The summed E-state index contributed by atoms with van der Waals surface area (Å²) < 4.78 is 38.2. The van der Waals surface area contributed by atoms with Crippen molar-refractivity contribution in [1.82, 2.24) is 10.6 Å². The van der Waals surface area contributed by atoms with E-state index in [0.717, 1.165) is 13.3 Å². The van der Waals surface area contributed by atoms with Crippen molar-refractivity contribution in [2.45, 2.75) is 173 Å².